The fraction of sp³-hybridized carbons (Fsp3) is 0.174. The summed E-state index contributed by atoms with van der Waals surface area (Å²) in [6.07, 6.45) is 7.35. The molecule has 9 nitrogen and oxygen atoms in total. The number of nitrogens with one attached hydrogen (secondary N) is 1. The van der Waals surface area contributed by atoms with Crippen LogP contribution in [-0.2, 0) is 0 Å². The van der Waals surface area contributed by atoms with Gasteiger partial charge in [0.15, 0.2) is 5.65 Å². The quantitative estimate of drug-likeness (QED) is 0.184. The maximum absolute atomic E-state index is 10.1. The largest absolute Gasteiger partial charge is 0.493 e. The number of nitrogen functional groups attached to an aromatic ring is 1. The minimum Gasteiger partial charge on any atom is -0.493 e. The molecule has 4 aromatic rings. The zero-order chi connectivity index (χ0) is 23.4. The van der Waals surface area contributed by atoms with Crippen molar-refractivity contribution in [1.29, 1.82) is 0 Å². The van der Waals surface area contributed by atoms with Crippen LogP contribution in [0.2, 0.25) is 0 Å². The lowest BCUT2D eigenvalue weighted by molar-refractivity contribution is 0.399. The third-order valence-electron chi connectivity index (χ3n) is 4.96. The van der Waals surface area contributed by atoms with Crippen molar-refractivity contribution < 1.29 is 5.11 Å². The first-order chi connectivity index (χ1) is 16.0. The molecule has 0 unspecified atom stereocenters. The Morgan fingerprint density at radius 3 is 2.94 bits per heavy atom. The first-order valence-electron chi connectivity index (χ1n) is 10.3. The number of aliphatic imine (C=N–C) groups is 2. The number of aliphatic hydroxyl groups excluding tert-OH is 1. The Hall–Kier alpha value is -3.79. The maximum atomic E-state index is 10.1. The SMILES string of the molecule is CCC=N/C=N\C(O)=C(/C)CNc1nc2c(-c3cnc4ccccc4c3)cnn2c(N)c1Br. The summed E-state index contributed by atoms with van der Waals surface area (Å²) in [5, 5.41) is 18.8. The second kappa shape index (κ2) is 9.78. The molecule has 3 heterocycles. The van der Waals surface area contributed by atoms with Crippen molar-refractivity contribution in [2.45, 2.75) is 20.3 Å². The second-order valence-corrected chi connectivity index (χ2v) is 8.10. The van der Waals surface area contributed by atoms with Crippen molar-refractivity contribution >= 4 is 56.7 Å². The summed E-state index contributed by atoms with van der Waals surface area (Å²) in [6, 6.07) is 9.97. The molecule has 0 spiro atoms. The molecule has 0 amide bonds. The number of hydrogen-bond donors (Lipinski definition) is 3. The molecule has 1 aromatic carbocycles. The van der Waals surface area contributed by atoms with Crippen LogP contribution in [0.1, 0.15) is 20.3 Å². The zero-order valence-electron chi connectivity index (χ0n) is 18.2. The number of aromatic nitrogens is 4. The number of halogens is 1. The summed E-state index contributed by atoms with van der Waals surface area (Å²) in [4.78, 5) is 17.2. The number of nitrogens with two attached hydrogens (primary N) is 1. The second-order valence-electron chi connectivity index (χ2n) is 7.31. The smallest absolute Gasteiger partial charge is 0.212 e. The van der Waals surface area contributed by atoms with Crippen LogP contribution in [0.4, 0.5) is 11.6 Å². The van der Waals surface area contributed by atoms with Crippen LogP contribution in [0.25, 0.3) is 27.7 Å². The van der Waals surface area contributed by atoms with E-state index >= 15 is 0 Å². The number of benzene rings is 1. The first kappa shape index (κ1) is 22.4. The van der Waals surface area contributed by atoms with Gasteiger partial charge < -0.3 is 16.2 Å². The molecule has 0 radical (unpaired) electrons. The number of fused-ring (bicyclic) bond motifs is 2. The van der Waals surface area contributed by atoms with E-state index < -0.39 is 0 Å². The van der Waals surface area contributed by atoms with Gasteiger partial charge >= 0.3 is 0 Å². The Kier molecular flexibility index (Phi) is 6.64. The average molecular weight is 507 g/mol. The predicted octanol–water partition coefficient (Wildman–Crippen LogP) is 5.00. The molecule has 4 rings (SSSR count). The lowest BCUT2D eigenvalue weighted by atomic mass is 10.1. The van der Waals surface area contributed by atoms with Gasteiger partial charge in [0.05, 0.1) is 11.7 Å². The molecule has 0 aliphatic rings. The van der Waals surface area contributed by atoms with E-state index in [0.717, 1.165) is 28.5 Å². The van der Waals surface area contributed by atoms with Crippen LogP contribution in [0, 0.1) is 0 Å². The van der Waals surface area contributed by atoms with Gasteiger partial charge in [0, 0.05) is 41.0 Å². The van der Waals surface area contributed by atoms with Gasteiger partial charge in [-0.25, -0.2) is 15.0 Å². The molecule has 4 N–H and O–H groups in total. The molecule has 3 aromatic heterocycles. The van der Waals surface area contributed by atoms with Gasteiger partial charge in [-0.1, -0.05) is 25.1 Å². The normalized spacial score (nSPS) is 12.8. The van der Waals surface area contributed by atoms with Gasteiger partial charge in [-0.15, -0.1) is 0 Å². The highest BCUT2D eigenvalue weighted by Crippen LogP contribution is 2.32. The minimum atomic E-state index is -0.104. The zero-order valence-corrected chi connectivity index (χ0v) is 19.8. The third-order valence-corrected chi connectivity index (χ3v) is 5.74. The summed E-state index contributed by atoms with van der Waals surface area (Å²) in [5.41, 5.74) is 10.1. The molecule has 0 fully saturated rings. The standard InChI is InChI=1S/C23H23BrN8O/c1-3-8-26-13-29-23(33)14(2)10-28-21-19(24)20(25)32-22(31-21)17(12-30-32)16-9-15-6-4-5-7-18(15)27-11-16/h4-9,11-13,33H,3,10,25H2,1-2H3,(H,28,31)/b23-14-,26-8?,29-13-. The Bertz CT molecular complexity index is 1410. The van der Waals surface area contributed by atoms with E-state index in [0.29, 0.717) is 33.9 Å². The number of anilines is 2. The lowest BCUT2D eigenvalue weighted by Gasteiger charge is -2.12. The fourth-order valence-electron chi connectivity index (χ4n) is 3.18. The highest BCUT2D eigenvalue weighted by molar-refractivity contribution is 9.10. The van der Waals surface area contributed by atoms with E-state index in [1.54, 1.807) is 30.0 Å². The van der Waals surface area contributed by atoms with Gasteiger partial charge in [-0.2, -0.15) is 9.61 Å². The highest BCUT2D eigenvalue weighted by atomic mass is 79.9. The van der Waals surface area contributed by atoms with Gasteiger partial charge in [-0.05, 0) is 41.4 Å². The van der Waals surface area contributed by atoms with Crippen LogP contribution in [0.5, 0.6) is 0 Å². The summed E-state index contributed by atoms with van der Waals surface area (Å²) < 4.78 is 2.15. The van der Waals surface area contributed by atoms with Crippen molar-refractivity contribution in [1.82, 2.24) is 19.6 Å². The molecule has 0 bridgehead atoms. The Labute approximate surface area is 198 Å². The van der Waals surface area contributed by atoms with Gasteiger partial charge in [0.25, 0.3) is 0 Å². The molecule has 33 heavy (non-hydrogen) atoms. The summed E-state index contributed by atoms with van der Waals surface area (Å²) in [5.74, 6) is 0.823. The predicted molar refractivity (Wildman–Crippen MR) is 137 cm³/mol. The molecular formula is C23H23BrN8O. The van der Waals surface area contributed by atoms with E-state index in [9.17, 15) is 5.11 Å². The first-order valence-corrected chi connectivity index (χ1v) is 11.1. The van der Waals surface area contributed by atoms with E-state index in [4.69, 9.17) is 10.7 Å². The van der Waals surface area contributed by atoms with Crippen LogP contribution in [0.15, 0.2) is 68.6 Å². The van der Waals surface area contributed by atoms with Crippen LogP contribution in [-0.4, -0.2) is 43.8 Å². The van der Waals surface area contributed by atoms with Gasteiger partial charge in [0.2, 0.25) is 5.88 Å². The fourth-order valence-corrected chi connectivity index (χ4v) is 3.58. The number of nitrogens with zero attached hydrogens (tertiary/aromatic N) is 6. The molecule has 168 valence electrons. The van der Waals surface area contributed by atoms with Crippen molar-refractivity contribution in [3.05, 3.63) is 58.7 Å². The highest BCUT2D eigenvalue weighted by Gasteiger charge is 2.17. The summed E-state index contributed by atoms with van der Waals surface area (Å²) in [6.45, 7) is 4.05. The number of rotatable bonds is 7. The topological polar surface area (TPSA) is 126 Å². The molecule has 0 saturated carbocycles. The van der Waals surface area contributed by atoms with Crippen molar-refractivity contribution in [2.24, 2.45) is 9.98 Å². The van der Waals surface area contributed by atoms with Crippen molar-refractivity contribution in [2.75, 3.05) is 17.6 Å². The van der Waals surface area contributed by atoms with Crippen LogP contribution >= 0.6 is 15.9 Å². The van der Waals surface area contributed by atoms with E-state index in [-0.39, 0.29) is 5.88 Å². The molecular weight excluding hydrogens is 484 g/mol. The van der Waals surface area contributed by atoms with Crippen LogP contribution in [0.3, 0.4) is 0 Å². The minimum absolute atomic E-state index is 0.104. The average Bonchev–Trinajstić information content (AvgIpc) is 3.26. The van der Waals surface area contributed by atoms with E-state index in [2.05, 4.69) is 47.4 Å². The Balaban J connectivity index is 1.66. The summed E-state index contributed by atoms with van der Waals surface area (Å²) in [7, 11) is 0. The van der Waals surface area contributed by atoms with Gasteiger partial charge in [0.1, 0.15) is 22.4 Å². The van der Waals surface area contributed by atoms with Gasteiger partial charge in [-0.3, -0.25) is 4.98 Å². The number of para-hydroxylation sites is 1. The molecule has 0 aliphatic carbocycles. The third kappa shape index (κ3) is 4.70. The Morgan fingerprint density at radius 2 is 2.12 bits per heavy atom. The molecule has 0 aliphatic heterocycles. The van der Waals surface area contributed by atoms with Crippen molar-refractivity contribution in [3.63, 3.8) is 0 Å². The van der Waals surface area contributed by atoms with E-state index in [1.165, 1.54) is 6.34 Å². The molecule has 0 saturated heterocycles. The van der Waals surface area contributed by atoms with E-state index in [1.807, 2.05) is 31.2 Å². The monoisotopic (exact) mass is 506 g/mol. The maximum Gasteiger partial charge on any atom is 0.212 e. The summed E-state index contributed by atoms with van der Waals surface area (Å²) >= 11 is 3.50. The van der Waals surface area contributed by atoms with Crippen LogP contribution < -0.4 is 11.1 Å². The Morgan fingerprint density at radius 1 is 1.30 bits per heavy atom. The molecule has 0 atom stereocenters. The van der Waals surface area contributed by atoms with Crippen molar-refractivity contribution in [3.8, 4) is 11.1 Å². The number of hydrogen-bond acceptors (Lipinski definition) is 7. The number of pyridine rings is 1. The number of aliphatic hydroxyl groups is 1. The lowest BCUT2D eigenvalue weighted by Crippen LogP contribution is -2.10. The molecule has 10 heteroatoms.